The van der Waals surface area contributed by atoms with Crippen LogP contribution in [0.25, 0.3) is 5.65 Å². The molecular weight excluding hydrogens is 259 g/mol. The zero-order valence-corrected chi connectivity index (χ0v) is 10.9. The maximum absolute atomic E-state index is 14.0. The van der Waals surface area contributed by atoms with Crippen molar-refractivity contribution in [2.24, 2.45) is 0 Å². The van der Waals surface area contributed by atoms with Gasteiger partial charge in [-0.2, -0.15) is 4.98 Å². The molecule has 0 aliphatic heterocycles. The molecule has 0 atom stereocenters. The van der Waals surface area contributed by atoms with Gasteiger partial charge in [-0.3, -0.25) is 0 Å². The number of rotatable bonds is 4. The van der Waals surface area contributed by atoms with Crippen LogP contribution >= 0.6 is 0 Å². The number of anilines is 1. The lowest BCUT2D eigenvalue weighted by atomic mass is 10.2. The van der Waals surface area contributed by atoms with Crippen LogP contribution in [0.2, 0.25) is 0 Å². The number of benzene rings is 1. The monoisotopic (exact) mass is 272 g/mol. The van der Waals surface area contributed by atoms with Crippen LogP contribution in [0.1, 0.15) is 5.56 Å². The summed E-state index contributed by atoms with van der Waals surface area (Å²) in [5.74, 6) is 0.317. The first-order valence-corrected chi connectivity index (χ1v) is 6.14. The predicted octanol–water partition coefficient (Wildman–Crippen LogP) is 2.49. The largest absolute Gasteiger partial charge is 0.494 e. The maximum atomic E-state index is 14.0. The van der Waals surface area contributed by atoms with Crippen molar-refractivity contribution in [3.05, 3.63) is 54.0 Å². The Morgan fingerprint density at radius 1 is 1.25 bits per heavy atom. The molecule has 3 aromatic rings. The molecule has 0 bridgehead atoms. The summed E-state index contributed by atoms with van der Waals surface area (Å²) in [5.41, 5.74) is 1.24. The smallest absolute Gasteiger partial charge is 0.243 e. The topological polar surface area (TPSA) is 51.5 Å². The summed E-state index contributed by atoms with van der Waals surface area (Å²) in [6, 6.07) is 10.6. The molecule has 0 aliphatic rings. The second-order valence-corrected chi connectivity index (χ2v) is 4.23. The van der Waals surface area contributed by atoms with Gasteiger partial charge < -0.3 is 10.1 Å². The first-order chi connectivity index (χ1) is 9.78. The van der Waals surface area contributed by atoms with Crippen LogP contribution in [-0.4, -0.2) is 21.7 Å². The van der Waals surface area contributed by atoms with Gasteiger partial charge in [0.2, 0.25) is 5.95 Å². The van der Waals surface area contributed by atoms with E-state index >= 15 is 0 Å². The highest BCUT2D eigenvalue weighted by molar-refractivity contribution is 5.43. The van der Waals surface area contributed by atoms with Crippen molar-refractivity contribution in [3.63, 3.8) is 0 Å². The van der Waals surface area contributed by atoms with Crippen LogP contribution in [0, 0.1) is 5.82 Å². The molecule has 1 aromatic carbocycles. The summed E-state index contributed by atoms with van der Waals surface area (Å²) in [6.07, 6.45) is 1.81. The zero-order chi connectivity index (χ0) is 13.9. The van der Waals surface area contributed by atoms with Gasteiger partial charge in [-0.1, -0.05) is 18.2 Å². The number of nitrogens with one attached hydrogen (secondary N) is 1. The number of methoxy groups -OCH3 is 1. The van der Waals surface area contributed by atoms with E-state index in [1.165, 1.54) is 7.11 Å². The van der Waals surface area contributed by atoms with Crippen LogP contribution < -0.4 is 10.1 Å². The summed E-state index contributed by atoms with van der Waals surface area (Å²) in [6.45, 7) is 0.292. The number of ether oxygens (including phenoxy) is 1. The second-order valence-electron chi connectivity index (χ2n) is 4.23. The summed E-state index contributed by atoms with van der Waals surface area (Å²) >= 11 is 0. The molecule has 5 nitrogen and oxygen atoms in total. The number of hydrogen-bond donors (Lipinski definition) is 1. The minimum atomic E-state index is -0.369. The molecule has 1 N–H and O–H groups in total. The number of hydrogen-bond acceptors (Lipinski definition) is 4. The lowest BCUT2D eigenvalue weighted by Crippen LogP contribution is -2.04. The van der Waals surface area contributed by atoms with Gasteiger partial charge in [0.15, 0.2) is 17.2 Å². The van der Waals surface area contributed by atoms with Crippen LogP contribution in [0.3, 0.4) is 0 Å². The average molecular weight is 272 g/mol. The Hall–Kier alpha value is -2.63. The van der Waals surface area contributed by atoms with Crippen LogP contribution in [0.5, 0.6) is 5.75 Å². The standard InChI is InChI=1S/C14H13FN4O/c1-20-11-6-4-5-10(13(11)15)9-16-14-17-12-7-2-3-8-19(12)18-14/h2-8H,9H2,1H3,(H,16,18). The quantitative estimate of drug-likeness (QED) is 0.792. The highest BCUT2D eigenvalue weighted by Crippen LogP contribution is 2.20. The van der Waals surface area contributed by atoms with Gasteiger partial charge in [-0.05, 0) is 18.2 Å². The third-order valence-corrected chi connectivity index (χ3v) is 2.94. The minimum absolute atomic E-state index is 0.229. The summed E-state index contributed by atoms with van der Waals surface area (Å²) in [5, 5.41) is 7.24. The molecule has 0 saturated heterocycles. The first-order valence-electron chi connectivity index (χ1n) is 6.14. The van der Waals surface area contributed by atoms with E-state index in [2.05, 4.69) is 15.4 Å². The number of halogens is 1. The Balaban J connectivity index is 1.79. The minimum Gasteiger partial charge on any atom is -0.494 e. The maximum Gasteiger partial charge on any atom is 0.243 e. The predicted molar refractivity (Wildman–Crippen MR) is 73.3 cm³/mol. The van der Waals surface area contributed by atoms with E-state index in [9.17, 15) is 4.39 Å². The van der Waals surface area contributed by atoms with E-state index in [1.54, 1.807) is 28.9 Å². The van der Waals surface area contributed by atoms with Gasteiger partial charge in [0.05, 0.1) is 7.11 Å². The Labute approximate surface area is 115 Å². The molecule has 0 radical (unpaired) electrons. The average Bonchev–Trinajstić information content (AvgIpc) is 2.89. The van der Waals surface area contributed by atoms with Crippen molar-refractivity contribution in [3.8, 4) is 5.75 Å². The molecule has 102 valence electrons. The van der Waals surface area contributed by atoms with Gasteiger partial charge in [0.1, 0.15) is 0 Å². The number of nitrogens with zero attached hydrogens (tertiary/aromatic N) is 3. The molecule has 0 aliphatic carbocycles. The Morgan fingerprint density at radius 2 is 2.15 bits per heavy atom. The van der Waals surface area contributed by atoms with E-state index in [1.807, 2.05) is 18.2 Å². The third kappa shape index (κ3) is 2.27. The lowest BCUT2D eigenvalue weighted by molar-refractivity contribution is 0.384. The molecule has 0 unspecified atom stereocenters. The van der Waals surface area contributed by atoms with Crippen molar-refractivity contribution < 1.29 is 9.13 Å². The molecule has 20 heavy (non-hydrogen) atoms. The highest BCUT2D eigenvalue weighted by atomic mass is 19.1. The van der Waals surface area contributed by atoms with Gasteiger partial charge in [-0.15, -0.1) is 5.10 Å². The molecule has 0 amide bonds. The van der Waals surface area contributed by atoms with Crippen molar-refractivity contribution in [2.45, 2.75) is 6.54 Å². The van der Waals surface area contributed by atoms with Crippen LogP contribution in [0.4, 0.5) is 10.3 Å². The second kappa shape index (κ2) is 5.16. The van der Waals surface area contributed by atoms with E-state index in [-0.39, 0.29) is 11.6 Å². The normalized spacial score (nSPS) is 10.7. The highest BCUT2D eigenvalue weighted by Gasteiger charge is 2.09. The van der Waals surface area contributed by atoms with Crippen molar-refractivity contribution in [1.29, 1.82) is 0 Å². The Kier molecular flexibility index (Phi) is 3.20. The lowest BCUT2D eigenvalue weighted by Gasteiger charge is -2.07. The molecule has 0 saturated carbocycles. The fourth-order valence-electron chi connectivity index (χ4n) is 1.93. The first kappa shape index (κ1) is 12.4. The fraction of sp³-hybridized carbons (Fsp3) is 0.143. The molecule has 2 heterocycles. The molecule has 0 fully saturated rings. The van der Waals surface area contributed by atoms with E-state index in [0.29, 0.717) is 18.1 Å². The van der Waals surface area contributed by atoms with Crippen molar-refractivity contribution in [2.75, 3.05) is 12.4 Å². The van der Waals surface area contributed by atoms with Gasteiger partial charge >= 0.3 is 0 Å². The van der Waals surface area contributed by atoms with Crippen molar-refractivity contribution in [1.82, 2.24) is 14.6 Å². The number of fused-ring (bicyclic) bond motifs is 1. The Bertz CT molecular complexity index is 708. The van der Waals surface area contributed by atoms with Crippen LogP contribution in [0.15, 0.2) is 42.6 Å². The number of pyridine rings is 1. The molecular formula is C14H13FN4O. The van der Waals surface area contributed by atoms with E-state index in [0.717, 1.165) is 5.65 Å². The van der Waals surface area contributed by atoms with Gasteiger partial charge in [-0.25, -0.2) is 8.91 Å². The Morgan fingerprint density at radius 3 is 2.95 bits per heavy atom. The van der Waals surface area contributed by atoms with Gasteiger partial charge in [0, 0.05) is 18.3 Å². The molecule has 3 rings (SSSR count). The molecule has 0 spiro atoms. The van der Waals surface area contributed by atoms with Gasteiger partial charge in [0.25, 0.3) is 0 Å². The number of aromatic nitrogens is 3. The van der Waals surface area contributed by atoms with E-state index < -0.39 is 0 Å². The zero-order valence-electron chi connectivity index (χ0n) is 10.9. The van der Waals surface area contributed by atoms with E-state index in [4.69, 9.17) is 4.74 Å². The SMILES string of the molecule is COc1cccc(CNc2nc3ccccn3n2)c1F. The van der Waals surface area contributed by atoms with Crippen molar-refractivity contribution >= 4 is 11.6 Å². The fourth-order valence-corrected chi connectivity index (χ4v) is 1.93. The summed E-state index contributed by atoms with van der Waals surface area (Å²) in [4.78, 5) is 4.29. The molecule has 6 heteroatoms. The summed E-state index contributed by atoms with van der Waals surface area (Å²) < 4.78 is 20.6. The molecule has 2 aromatic heterocycles. The van der Waals surface area contributed by atoms with Crippen LogP contribution in [-0.2, 0) is 6.54 Å². The summed E-state index contributed by atoms with van der Waals surface area (Å²) in [7, 11) is 1.44. The third-order valence-electron chi connectivity index (χ3n) is 2.94.